The van der Waals surface area contributed by atoms with Crippen LogP contribution in [0.1, 0.15) is 53.9 Å². The van der Waals surface area contributed by atoms with Crippen LogP contribution in [0.4, 0.5) is 0 Å². The van der Waals surface area contributed by atoms with Gasteiger partial charge in [-0.05, 0) is 66.6 Å². The Morgan fingerprint density at radius 3 is 2.00 bits per heavy atom. The van der Waals surface area contributed by atoms with Gasteiger partial charge in [0.05, 0.1) is 0 Å². The van der Waals surface area contributed by atoms with Gasteiger partial charge in [-0.3, -0.25) is 9.80 Å². The van der Waals surface area contributed by atoms with Crippen molar-refractivity contribution in [2.24, 2.45) is 0 Å². The molecular formula is C17H35N3. The van der Waals surface area contributed by atoms with E-state index >= 15 is 0 Å². The lowest BCUT2D eigenvalue weighted by molar-refractivity contribution is -0.0234. The van der Waals surface area contributed by atoms with Crippen LogP contribution >= 0.6 is 0 Å². The van der Waals surface area contributed by atoms with Gasteiger partial charge in [0.25, 0.3) is 0 Å². The molecule has 0 amide bonds. The Bertz CT molecular complexity index is 272. The molecule has 0 unspecified atom stereocenters. The lowest BCUT2D eigenvalue weighted by atomic mass is 9.96. The summed E-state index contributed by atoms with van der Waals surface area (Å²) in [6, 6.07) is 2.93. The minimum atomic E-state index is 0.688. The van der Waals surface area contributed by atoms with Crippen LogP contribution in [-0.4, -0.2) is 71.6 Å². The van der Waals surface area contributed by atoms with Crippen molar-refractivity contribution in [3.05, 3.63) is 0 Å². The van der Waals surface area contributed by atoms with Gasteiger partial charge in [0.1, 0.15) is 0 Å². The van der Waals surface area contributed by atoms with Crippen LogP contribution < -0.4 is 0 Å². The number of nitrogens with zero attached hydrogens (tertiary/aromatic N) is 3. The van der Waals surface area contributed by atoms with E-state index in [0.717, 1.165) is 6.04 Å². The van der Waals surface area contributed by atoms with Crippen LogP contribution in [0.25, 0.3) is 0 Å². The molecule has 0 saturated carbocycles. The highest BCUT2D eigenvalue weighted by Gasteiger charge is 2.36. The summed E-state index contributed by atoms with van der Waals surface area (Å²) in [6.07, 6.45) is 4.04. The van der Waals surface area contributed by atoms with Crippen LogP contribution in [0.3, 0.4) is 0 Å². The van der Waals surface area contributed by atoms with Crippen molar-refractivity contribution in [2.45, 2.75) is 78.0 Å². The second kappa shape index (κ2) is 7.24. The Hall–Kier alpha value is -0.120. The fraction of sp³-hybridized carbons (Fsp3) is 1.00. The van der Waals surface area contributed by atoms with Gasteiger partial charge in [0.2, 0.25) is 0 Å². The first-order chi connectivity index (χ1) is 9.52. The first kappa shape index (κ1) is 16.3. The number of piperazine rings is 1. The molecule has 2 rings (SSSR count). The Balaban J connectivity index is 1.89. The van der Waals surface area contributed by atoms with Gasteiger partial charge in [-0.25, -0.2) is 0 Å². The average molecular weight is 281 g/mol. The third-order valence-electron chi connectivity index (χ3n) is 5.26. The van der Waals surface area contributed by atoms with Crippen molar-refractivity contribution in [1.29, 1.82) is 0 Å². The molecule has 20 heavy (non-hydrogen) atoms. The molecule has 2 saturated heterocycles. The van der Waals surface area contributed by atoms with E-state index in [-0.39, 0.29) is 0 Å². The van der Waals surface area contributed by atoms with Gasteiger partial charge in [0, 0.05) is 37.3 Å². The minimum absolute atomic E-state index is 0.688. The molecule has 0 aromatic heterocycles. The highest BCUT2D eigenvalue weighted by Crippen LogP contribution is 2.26. The van der Waals surface area contributed by atoms with Crippen LogP contribution in [-0.2, 0) is 0 Å². The fourth-order valence-corrected chi connectivity index (χ4v) is 4.28. The Morgan fingerprint density at radius 1 is 1.00 bits per heavy atom. The lowest BCUT2D eigenvalue weighted by Crippen LogP contribution is -2.62. The molecule has 2 aliphatic rings. The molecule has 0 aromatic rings. The van der Waals surface area contributed by atoms with Gasteiger partial charge in [-0.2, -0.15) is 0 Å². The van der Waals surface area contributed by atoms with E-state index < -0.39 is 0 Å². The van der Waals surface area contributed by atoms with Crippen LogP contribution in [0.15, 0.2) is 0 Å². The SMILES string of the molecule is CCCN1CCC(N2[C@H](C)CN(C(C)C)C[C@@H]2C)CC1. The number of likely N-dealkylation sites (tertiary alicyclic amines) is 1. The third kappa shape index (κ3) is 3.75. The maximum Gasteiger partial charge on any atom is 0.0201 e. The third-order valence-corrected chi connectivity index (χ3v) is 5.26. The fourth-order valence-electron chi connectivity index (χ4n) is 4.28. The molecular weight excluding hydrogens is 246 g/mol. The van der Waals surface area contributed by atoms with Crippen molar-refractivity contribution < 1.29 is 0 Å². The maximum atomic E-state index is 2.84. The summed E-state index contributed by atoms with van der Waals surface area (Å²) in [5.41, 5.74) is 0. The van der Waals surface area contributed by atoms with Crippen molar-refractivity contribution in [3.63, 3.8) is 0 Å². The summed E-state index contributed by atoms with van der Waals surface area (Å²) in [7, 11) is 0. The minimum Gasteiger partial charge on any atom is -0.303 e. The Kier molecular flexibility index (Phi) is 5.88. The largest absolute Gasteiger partial charge is 0.303 e. The second-order valence-electron chi connectivity index (χ2n) is 7.27. The average Bonchev–Trinajstić information content (AvgIpc) is 2.40. The number of rotatable bonds is 4. The van der Waals surface area contributed by atoms with Gasteiger partial charge < -0.3 is 4.90 Å². The molecule has 0 aliphatic carbocycles. The van der Waals surface area contributed by atoms with Crippen LogP contribution in [0.2, 0.25) is 0 Å². The Morgan fingerprint density at radius 2 is 1.55 bits per heavy atom. The zero-order valence-electron chi connectivity index (χ0n) is 14.3. The van der Waals surface area contributed by atoms with E-state index in [1.54, 1.807) is 0 Å². The highest BCUT2D eigenvalue weighted by molar-refractivity contribution is 4.92. The van der Waals surface area contributed by atoms with Crippen molar-refractivity contribution >= 4 is 0 Å². The van der Waals surface area contributed by atoms with Gasteiger partial charge in [-0.15, -0.1) is 0 Å². The van der Waals surface area contributed by atoms with E-state index in [1.807, 2.05) is 0 Å². The van der Waals surface area contributed by atoms with Crippen molar-refractivity contribution in [2.75, 3.05) is 32.7 Å². The molecule has 0 N–H and O–H groups in total. The van der Waals surface area contributed by atoms with E-state index in [4.69, 9.17) is 0 Å². The predicted octanol–water partition coefficient (Wildman–Crippen LogP) is 2.66. The molecule has 0 bridgehead atoms. The van der Waals surface area contributed by atoms with Crippen LogP contribution in [0, 0.1) is 0 Å². The first-order valence-corrected chi connectivity index (χ1v) is 8.76. The van der Waals surface area contributed by atoms with Gasteiger partial charge in [0.15, 0.2) is 0 Å². The number of hydrogen-bond donors (Lipinski definition) is 0. The zero-order valence-corrected chi connectivity index (χ0v) is 14.3. The van der Waals surface area contributed by atoms with E-state index in [0.29, 0.717) is 18.1 Å². The molecule has 2 heterocycles. The summed E-state index contributed by atoms with van der Waals surface area (Å²) in [5.74, 6) is 0. The standard InChI is InChI=1S/C17H35N3/c1-6-9-18-10-7-17(8-11-18)20-15(4)12-19(14(2)3)13-16(20)5/h14-17H,6-13H2,1-5H3/t15-,16+. The molecule has 2 atom stereocenters. The molecule has 3 nitrogen and oxygen atoms in total. The van der Waals surface area contributed by atoms with E-state index in [9.17, 15) is 0 Å². The smallest absolute Gasteiger partial charge is 0.0201 e. The molecule has 3 heteroatoms. The maximum absolute atomic E-state index is 2.84. The van der Waals surface area contributed by atoms with Crippen molar-refractivity contribution in [3.8, 4) is 0 Å². The summed E-state index contributed by atoms with van der Waals surface area (Å²) < 4.78 is 0. The summed E-state index contributed by atoms with van der Waals surface area (Å²) in [6.45, 7) is 18.2. The van der Waals surface area contributed by atoms with E-state index in [2.05, 4.69) is 49.3 Å². The van der Waals surface area contributed by atoms with Crippen LogP contribution in [0.5, 0.6) is 0 Å². The molecule has 0 aromatic carbocycles. The number of hydrogen-bond acceptors (Lipinski definition) is 3. The predicted molar refractivity (Wildman–Crippen MR) is 87.2 cm³/mol. The lowest BCUT2D eigenvalue weighted by Gasteiger charge is -2.51. The Labute approximate surface area is 126 Å². The van der Waals surface area contributed by atoms with Gasteiger partial charge >= 0.3 is 0 Å². The monoisotopic (exact) mass is 281 g/mol. The second-order valence-corrected chi connectivity index (χ2v) is 7.27. The zero-order chi connectivity index (χ0) is 14.7. The quantitative estimate of drug-likeness (QED) is 0.784. The van der Waals surface area contributed by atoms with Gasteiger partial charge in [-0.1, -0.05) is 6.92 Å². The summed E-state index contributed by atoms with van der Waals surface area (Å²) >= 11 is 0. The first-order valence-electron chi connectivity index (χ1n) is 8.76. The topological polar surface area (TPSA) is 9.72 Å². The number of piperidine rings is 1. The molecule has 0 spiro atoms. The van der Waals surface area contributed by atoms with E-state index in [1.165, 1.54) is 52.0 Å². The normalized spacial score (nSPS) is 32.1. The molecule has 2 aliphatic heterocycles. The summed E-state index contributed by atoms with van der Waals surface area (Å²) in [5, 5.41) is 0. The highest BCUT2D eigenvalue weighted by atomic mass is 15.3. The molecule has 2 fully saturated rings. The van der Waals surface area contributed by atoms with Crippen molar-refractivity contribution in [1.82, 2.24) is 14.7 Å². The molecule has 118 valence electrons. The molecule has 0 radical (unpaired) electrons. The summed E-state index contributed by atoms with van der Waals surface area (Å²) in [4.78, 5) is 8.14.